The van der Waals surface area contributed by atoms with E-state index in [1.54, 1.807) is 0 Å². The van der Waals surface area contributed by atoms with E-state index in [0.29, 0.717) is 11.8 Å². The third kappa shape index (κ3) is 2.55. The van der Waals surface area contributed by atoms with Crippen molar-refractivity contribution in [3.63, 3.8) is 0 Å². The number of nitrogens with zero attached hydrogens (tertiary/aromatic N) is 1. The summed E-state index contributed by atoms with van der Waals surface area (Å²) in [6.07, 6.45) is 0.622. The molecule has 0 heterocycles. The van der Waals surface area contributed by atoms with E-state index in [2.05, 4.69) is 5.18 Å². The molecule has 0 fully saturated rings. The van der Waals surface area contributed by atoms with Crippen molar-refractivity contribution >= 4 is 6.29 Å². The van der Waals surface area contributed by atoms with Crippen molar-refractivity contribution in [1.82, 2.24) is 0 Å². The van der Waals surface area contributed by atoms with E-state index in [4.69, 9.17) is 4.74 Å². The van der Waals surface area contributed by atoms with Crippen LogP contribution in [0.1, 0.15) is 10.4 Å². The quantitative estimate of drug-likeness (QED) is 0.437. The number of ether oxygens (including phenoxy) is 1. The average Bonchev–Trinajstić information content (AvgIpc) is 2.20. The maximum Gasteiger partial charge on any atom is 0.161 e. The number of aldehydes is 1. The Labute approximate surface area is 80.3 Å². The van der Waals surface area contributed by atoms with Gasteiger partial charge in [-0.25, -0.2) is 0 Å². The first-order valence-electron chi connectivity index (χ1n) is 3.98. The standard InChI is InChI=1S/C9H9NO4/c11-6-7-1-2-9(8(12)5-7)14-4-3-10-13/h1-2,5-6,12H,3-4H2. The topological polar surface area (TPSA) is 76.0 Å². The van der Waals surface area contributed by atoms with E-state index < -0.39 is 0 Å². The molecule has 0 radical (unpaired) electrons. The summed E-state index contributed by atoms with van der Waals surface area (Å²) < 4.78 is 5.02. The van der Waals surface area contributed by atoms with Crippen LogP contribution in [0.3, 0.4) is 0 Å². The SMILES string of the molecule is O=Cc1ccc(OCCN=O)c(O)c1. The molecule has 14 heavy (non-hydrogen) atoms. The predicted molar refractivity (Wildman–Crippen MR) is 49.7 cm³/mol. The van der Waals surface area contributed by atoms with Crippen LogP contribution in [0.4, 0.5) is 0 Å². The van der Waals surface area contributed by atoms with Crippen LogP contribution in [0.2, 0.25) is 0 Å². The highest BCUT2D eigenvalue weighted by molar-refractivity contribution is 5.76. The Bertz CT molecular complexity index is 338. The van der Waals surface area contributed by atoms with Gasteiger partial charge in [0.05, 0.1) is 0 Å². The van der Waals surface area contributed by atoms with E-state index in [0.717, 1.165) is 0 Å². The predicted octanol–water partition coefficient (Wildman–Crippen LogP) is 1.35. The summed E-state index contributed by atoms with van der Waals surface area (Å²) in [7, 11) is 0. The first-order chi connectivity index (χ1) is 6.77. The van der Waals surface area contributed by atoms with Crippen LogP contribution in [0.25, 0.3) is 0 Å². The second kappa shape index (κ2) is 4.96. The van der Waals surface area contributed by atoms with Gasteiger partial charge >= 0.3 is 0 Å². The van der Waals surface area contributed by atoms with Gasteiger partial charge in [-0.15, -0.1) is 0 Å². The zero-order valence-electron chi connectivity index (χ0n) is 7.34. The molecule has 0 aliphatic rings. The molecule has 1 N–H and O–H groups in total. The molecule has 0 saturated heterocycles. The molecule has 1 aromatic carbocycles. The second-order valence-electron chi connectivity index (χ2n) is 2.55. The summed E-state index contributed by atoms with van der Waals surface area (Å²) in [5.41, 5.74) is 0.364. The van der Waals surface area contributed by atoms with Gasteiger partial charge in [0.15, 0.2) is 11.5 Å². The van der Waals surface area contributed by atoms with Crippen molar-refractivity contribution in [2.75, 3.05) is 13.2 Å². The molecule has 0 amide bonds. The molecule has 0 saturated carbocycles. The van der Waals surface area contributed by atoms with Crippen LogP contribution in [-0.2, 0) is 0 Å². The number of rotatable bonds is 5. The second-order valence-corrected chi connectivity index (χ2v) is 2.55. The Balaban J connectivity index is 2.68. The molecule has 0 aliphatic heterocycles. The fourth-order valence-electron chi connectivity index (χ4n) is 0.923. The summed E-state index contributed by atoms with van der Waals surface area (Å²) in [6.45, 7) is 0.131. The molecule has 74 valence electrons. The van der Waals surface area contributed by atoms with Gasteiger partial charge in [-0.05, 0) is 18.2 Å². The molecular formula is C9H9NO4. The fourth-order valence-corrected chi connectivity index (χ4v) is 0.923. The summed E-state index contributed by atoms with van der Waals surface area (Å²) in [6, 6.07) is 4.26. The molecule has 0 atom stereocenters. The minimum atomic E-state index is -0.125. The number of phenolic OH excluding ortho intramolecular Hbond substituents is 1. The van der Waals surface area contributed by atoms with Crippen LogP contribution in [0.15, 0.2) is 23.4 Å². The lowest BCUT2D eigenvalue weighted by Crippen LogP contribution is -2.00. The number of hydrogen-bond acceptors (Lipinski definition) is 5. The first-order valence-corrected chi connectivity index (χ1v) is 3.98. The van der Waals surface area contributed by atoms with Crippen molar-refractivity contribution in [1.29, 1.82) is 0 Å². The molecule has 5 nitrogen and oxygen atoms in total. The molecule has 0 spiro atoms. The lowest BCUT2D eigenvalue weighted by molar-refractivity contribution is 0.112. The average molecular weight is 195 g/mol. The van der Waals surface area contributed by atoms with Gasteiger partial charge in [0.2, 0.25) is 0 Å². The Morgan fingerprint density at radius 1 is 1.50 bits per heavy atom. The summed E-state index contributed by atoms with van der Waals surface area (Å²) in [4.78, 5) is 20.1. The number of nitroso groups, excluding NO2 is 1. The van der Waals surface area contributed by atoms with Gasteiger partial charge in [0.25, 0.3) is 0 Å². The Morgan fingerprint density at radius 3 is 2.86 bits per heavy atom. The molecule has 0 aliphatic carbocycles. The van der Waals surface area contributed by atoms with E-state index in [1.165, 1.54) is 18.2 Å². The zero-order valence-corrected chi connectivity index (χ0v) is 7.34. The van der Waals surface area contributed by atoms with Crippen LogP contribution in [0, 0.1) is 4.91 Å². The van der Waals surface area contributed by atoms with Crippen LogP contribution >= 0.6 is 0 Å². The van der Waals surface area contributed by atoms with Gasteiger partial charge in [-0.2, -0.15) is 4.91 Å². The molecule has 0 unspecified atom stereocenters. The number of carbonyl (C=O) groups excluding carboxylic acids is 1. The van der Waals surface area contributed by atoms with Crippen molar-refractivity contribution in [2.24, 2.45) is 5.18 Å². The third-order valence-corrected chi connectivity index (χ3v) is 1.56. The van der Waals surface area contributed by atoms with E-state index in [1.807, 2.05) is 0 Å². The largest absolute Gasteiger partial charge is 0.504 e. The highest BCUT2D eigenvalue weighted by atomic mass is 16.5. The highest BCUT2D eigenvalue weighted by Crippen LogP contribution is 2.25. The maximum atomic E-state index is 10.3. The molecule has 1 rings (SSSR count). The summed E-state index contributed by atoms with van der Waals surface area (Å²) in [5, 5.41) is 11.9. The summed E-state index contributed by atoms with van der Waals surface area (Å²) >= 11 is 0. The number of hydrogen-bond donors (Lipinski definition) is 1. The zero-order chi connectivity index (χ0) is 10.4. The lowest BCUT2D eigenvalue weighted by atomic mass is 10.2. The van der Waals surface area contributed by atoms with Gasteiger partial charge in [-0.1, -0.05) is 5.18 Å². The first kappa shape index (κ1) is 10.2. The van der Waals surface area contributed by atoms with Crippen molar-refractivity contribution in [2.45, 2.75) is 0 Å². The molecule has 0 bridgehead atoms. The maximum absolute atomic E-state index is 10.3. The molecular weight excluding hydrogens is 186 g/mol. The van der Waals surface area contributed by atoms with Gasteiger partial charge < -0.3 is 9.84 Å². The van der Waals surface area contributed by atoms with Crippen molar-refractivity contribution in [3.05, 3.63) is 28.7 Å². The number of aromatic hydroxyl groups is 1. The fraction of sp³-hybridized carbons (Fsp3) is 0.222. The molecule has 5 heteroatoms. The highest BCUT2D eigenvalue weighted by Gasteiger charge is 2.02. The smallest absolute Gasteiger partial charge is 0.161 e. The van der Waals surface area contributed by atoms with E-state index >= 15 is 0 Å². The minimum absolute atomic E-state index is 0.0227. The normalized spacial score (nSPS) is 9.43. The van der Waals surface area contributed by atoms with E-state index in [9.17, 15) is 14.8 Å². The Kier molecular flexibility index (Phi) is 3.60. The Hall–Kier alpha value is -1.91. The summed E-state index contributed by atoms with van der Waals surface area (Å²) in [5.74, 6) is 0.111. The minimum Gasteiger partial charge on any atom is -0.504 e. The van der Waals surface area contributed by atoms with Crippen LogP contribution in [0.5, 0.6) is 11.5 Å². The number of phenols is 1. The van der Waals surface area contributed by atoms with Crippen LogP contribution < -0.4 is 4.74 Å². The van der Waals surface area contributed by atoms with Crippen LogP contribution in [-0.4, -0.2) is 24.5 Å². The van der Waals surface area contributed by atoms with Gasteiger partial charge in [0, 0.05) is 5.56 Å². The van der Waals surface area contributed by atoms with Gasteiger partial charge in [-0.3, -0.25) is 4.79 Å². The third-order valence-electron chi connectivity index (χ3n) is 1.56. The lowest BCUT2D eigenvalue weighted by Gasteiger charge is -2.05. The number of benzene rings is 1. The van der Waals surface area contributed by atoms with Gasteiger partial charge in [0.1, 0.15) is 19.4 Å². The molecule has 1 aromatic rings. The molecule has 0 aromatic heterocycles. The number of carbonyl (C=O) groups is 1. The van der Waals surface area contributed by atoms with Crippen molar-refractivity contribution in [3.8, 4) is 11.5 Å². The Morgan fingerprint density at radius 2 is 2.29 bits per heavy atom. The monoisotopic (exact) mass is 195 g/mol. The van der Waals surface area contributed by atoms with Crippen molar-refractivity contribution < 1.29 is 14.6 Å². The van der Waals surface area contributed by atoms with E-state index in [-0.39, 0.29) is 24.7 Å².